The Labute approximate surface area is 166 Å². The van der Waals surface area contributed by atoms with Gasteiger partial charge in [-0.15, -0.1) is 0 Å². The normalized spacial score (nSPS) is 12.1. The quantitative estimate of drug-likeness (QED) is 0.568. The predicted octanol–water partition coefficient (Wildman–Crippen LogP) is 4.33. The Hall–Kier alpha value is -2.99. The minimum Gasteiger partial charge on any atom is -0.394 e. The molecule has 0 saturated carbocycles. The number of hydrogen-bond donors (Lipinski definition) is 3. The van der Waals surface area contributed by atoms with Crippen molar-refractivity contribution in [3.63, 3.8) is 0 Å². The summed E-state index contributed by atoms with van der Waals surface area (Å²) in [5.74, 6) is 1.37. The van der Waals surface area contributed by atoms with Gasteiger partial charge in [-0.1, -0.05) is 32.0 Å². The summed E-state index contributed by atoms with van der Waals surface area (Å²) in [6.07, 6.45) is 1.74. The molecule has 0 amide bonds. The van der Waals surface area contributed by atoms with Gasteiger partial charge in [0.2, 0.25) is 5.95 Å². The molecule has 2 heterocycles. The lowest BCUT2D eigenvalue weighted by Gasteiger charge is -2.21. The Bertz CT molecular complexity index is 927. The van der Waals surface area contributed by atoms with E-state index in [9.17, 15) is 5.11 Å². The molecule has 28 heavy (non-hydrogen) atoms. The van der Waals surface area contributed by atoms with E-state index in [4.69, 9.17) is 0 Å². The van der Waals surface area contributed by atoms with Gasteiger partial charge in [-0.05, 0) is 49.1 Å². The second kappa shape index (κ2) is 8.80. The van der Waals surface area contributed by atoms with Gasteiger partial charge in [0.15, 0.2) is 0 Å². The second-order valence-electron chi connectivity index (χ2n) is 7.30. The van der Waals surface area contributed by atoms with E-state index in [1.807, 2.05) is 38.1 Å². The van der Waals surface area contributed by atoms with E-state index in [1.165, 1.54) is 5.56 Å². The molecule has 146 valence electrons. The van der Waals surface area contributed by atoms with Crippen molar-refractivity contribution >= 4 is 17.5 Å². The van der Waals surface area contributed by atoms with Gasteiger partial charge in [0.05, 0.1) is 24.0 Å². The summed E-state index contributed by atoms with van der Waals surface area (Å²) in [5, 5.41) is 16.3. The number of aliphatic hydroxyl groups is 1. The van der Waals surface area contributed by atoms with Crippen LogP contribution in [0.3, 0.4) is 0 Å². The van der Waals surface area contributed by atoms with Crippen LogP contribution in [-0.4, -0.2) is 32.7 Å². The number of hydrogen-bond acceptors (Lipinski definition) is 6. The largest absolute Gasteiger partial charge is 0.394 e. The van der Waals surface area contributed by atoms with Crippen LogP contribution in [-0.2, 0) is 0 Å². The molecule has 0 aliphatic heterocycles. The molecule has 0 aliphatic rings. The molecule has 2 aromatic heterocycles. The number of pyridine rings is 1. The fraction of sp³-hybridized carbons (Fsp3) is 0.318. The summed E-state index contributed by atoms with van der Waals surface area (Å²) in [7, 11) is 0. The summed E-state index contributed by atoms with van der Waals surface area (Å²) in [4.78, 5) is 13.7. The molecular formula is C22H27N5O. The fourth-order valence-corrected chi connectivity index (χ4v) is 2.82. The zero-order chi connectivity index (χ0) is 20.1. The van der Waals surface area contributed by atoms with Gasteiger partial charge in [0.25, 0.3) is 0 Å². The number of aliphatic hydroxyl groups excluding tert-OH is 1. The third-order valence-corrected chi connectivity index (χ3v) is 4.63. The van der Waals surface area contributed by atoms with Crippen molar-refractivity contribution < 1.29 is 5.11 Å². The summed E-state index contributed by atoms with van der Waals surface area (Å²) in [6.45, 7) is 8.22. The fourth-order valence-electron chi connectivity index (χ4n) is 2.82. The first-order chi connectivity index (χ1) is 13.5. The van der Waals surface area contributed by atoms with Crippen LogP contribution < -0.4 is 10.6 Å². The molecule has 0 bridgehead atoms. The Balaban J connectivity index is 2.00. The Kier molecular flexibility index (Phi) is 6.21. The second-order valence-corrected chi connectivity index (χ2v) is 7.30. The number of rotatable bonds is 7. The van der Waals surface area contributed by atoms with Gasteiger partial charge >= 0.3 is 0 Å². The molecule has 0 fully saturated rings. The molecule has 0 saturated heterocycles. The topological polar surface area (TPSA) is 83.0 Å². The number of nitrogens with one attached hydrogen (secondary N) is 2. The zero-order valence-electron chi connectivity index (χ0n) is 16.8. The molecule has 3 rings (SSSR count). The summed E-state index contributed by atoms with van der Waals surface area (Å²) < 4.78 is 0. The molecule has 0 spiro atoms. The summed E-state index contributed by atoms with van der Waals surface area (Å²) in [6, 6.07) is 13.7. The first kappa shape index (κ1) is 19.8. The van der Waals surface area contributed by atoms with Gasteiger partial charge in [0, 0.05) is 18.0 Å². The van der Waals surface area contributed by atoms with E-state index in [0.717, 1.165) is 16.9 Å². The van der Waals surface area contributed by atoms with Crippen LogP contribution in [0.1, 0.15) is 25.0 Å². The lowest BCUT2D eigenvalue weighted by atomic mass is 10.1. The standard InChI is InChI=1S/C22H27N5O/c1-14(2)20(13-28)26-22-25-19(17-7-5-6-10-23-17)12-21(27-22)24-18-11-15(3)8-9-16(18)4/h5-12,14,20,28H,13H2,1-4H3,(H2,24,25,26,27)/t20-/m1/s1. The highest BCUT2D eigenvalue weighted by Crippen LogP contribution is 2.25. The smallest absolute Gasteiger partial charge is 0.225 e. The molecule has 0 aliphatic carbocycles. The van der Waals surface area contributed by atoms with Gasteiger partial charge < -0.3 is 15.7 Å². The van der Waals surface area contributed by atoms with E-state index in [2.05, 4.69) is 57.6 Å². The van der Waals surface area contributed by atoms with Gasteiger partial charge in [0.1, 0.15) is 5.82 Å². The first-order valence-corrected chi connectivity index (χ1v) is 9.48. The summed E-state index contributed by atoms with van der Waals surface area (Å²) in [5.41, 5.74) is 4.78. The van der Waals surface area contributed by atoms with E-state index in [1.54, 1.807) is 6.20 Å². The average molecular weight is 377 g/mol. The highest BCUT2D eigenvalue weighted by molar-refractivity contribution is 5.67. The van der Waals surface area contributed by atoms with Crippen molar-refractivity contribution in [3.05, 3.63) is 59.8 Å². The molecule has 3 N–H and O–H groups in total. The van der Waals surface area contributed by atoms with Crippen molar-refractivity contribution in [2.45, 2.75) is 33.7 Å². The monoisotopic (exact) mass is 377 g/mol. The first-order valence-electron chi connectivity index (χ1n) is 9.48. The highest BCUT2D eigenvalue weighted by Gasteiger charge is 2.15. The zero-order valence-corrected chi connectivity index (χ0v) is 16.8. The number of benzene rings is 1. The molecule has 1 aromatic carbocycles. The van der Waals surface area contributed by atoms with Crippen molar-refractivity contribution in [2.24, 2.45) is 5.92 Å². The number of anilines is 3. The van der Waals surface area contributed by atoms with Crippen LogP contribution in [0.25, 0.3) is 11.4 Å². The summed E-state index contributed by atoms with van der Waals surface area (Å²) >= 11 is 0. The van der Waals surface area contributed by atoms with Crippen LogP contribution >= 0.6 is 0 Å². The van der Waals surface area contributed by atoms with Crippen molar-refractivity contribution in [3.8, 4) is 11.4 Å². The van der Waals surface area contributed by atoms with Crippen molar-refractivity contribution in [2.75, 3.05) is 17.2 Å². The van der Waals surface area contributed by atoms with Gasteiger partial charge in [-0.25, -0.2) is 4.98 Å². The number of nitrogens with zero attached hydrogens (tertiary/aromatic N) is 3. The maximum absolute atomic E-state index is 9.67. The molecular weight excluding hydrogens is 350 g/mol. The third-order valence-electron chi connectivity index (χ3n) is 4.63. The van der Waals surface area contributed by atoms with Crippen molar-refractivity contribution in [1.82, 2.24) is 15.0 Å². The molecule has 6 heteroatoms. The molecule has 0 unspecified atom stereocenters. The molecule has 6 nitrogen and oxygen atoms in total. The van der Waals surface area contributed by atoms with Crippen LogP contribution in [0.2, 0.25) is 0 Å². The number of aryl methyl sites for hydroxylation is 2. The predicted molar refractivity (Wildman–Crippen MR) is 114 cm³/mol. The Morgan fingerprint density at radius 1 is 1.00 bits per heavy atom. The van der Waals surface area contributed by atoms with Crippen molar-refractivity contribution in [1.29, 1.82) is 0 Å². The lowest BCUT2D eigenvalue weighted by molar-refractivity contribution is 0.248. The highest BCUT2D eigenvalue weighted by atomic mass is 16.3. The van der Waals surface area contributed by atoms with Gasteiger partial charge in [-0.3, -0.25) is 4.98 Å². The van der Waals surface area contributed by atoms with Gasteiger partial charge in [-0.2, -0.15) is 4.98 Å². The average Bonchev–Trinajstić information content (AvgIpc) is 2.69. The van der Waals surface area contributed by atoms with E-state index in [-0.39, 0.29) is 18.6 Å². The van der Waals surface area contributed by atoms with Crippen LogP contribution in [0.5, 0.6) is 0 Å². The van der Waals surface area contributed by atoms with E-state index >= 15 is 0 Å². The third kappa shape index (κ3) is 4.84. The lowest BCUT2D eigenvalue weighted by Crippen LogP contribution is -2.30. The minimum absolute atomic E-state index is 0.00852. The number of aromatic nitrogens is 3. The maximum atomic E-state index is 9.67. The Morgan fingerprint density at radius 2 is 1.82 bits per heavy atom. The Morgan fingerprint density at radius 3 is 2.50 bits per heavy atom. The molecule has 0 radical (unpaired) electrons. The SMILES string of the molecule is Cc1ccc(C)c(Nc2cc(-c3ccccn3)nc(N[C@H](CO)C(C)C)n2)c1. The maximum Gasteiger partial charge on any atom is 0.225 e. The van der Waals surface area contributed by atoms with E-state index in [0.29, 0.717) is 17.5 Å². The minimum atomic E-state index is -0.132. The molecule has 3 aromatic rings. The van der Waals surface area contributed by atoms with Crippen LogP contribution in [0, 0.1) is 19.8 Å². The van der Waals surface area contributed by atoms with E-state index < -0.39 is 0 Å². The van der Waals surface area contributed by atoms with Crippen LogP contribution in [0.15, 0.2) is 48.7 Å². The molecule has 1 atom stereocenters. The van der Waals surface area contributed by atoms with Crippen LogP contribution in [0.4, 0.5) is 17.5 Å².